The van der Waals surface area contributed by atoms with E-state index in [0.717, 1.165) is 22.6 Å². The Morgan fingerprint density at radius 1 is 0.926 bits per heavy atom. The van der Waals surface area contributed by atoms with E-state index in [2.05, 4.69) is 29.7 Å². The molecule has 0 spiro atoms. The summed E-state index contributed by atoms with van der Waals surface area (Å²) < 4.78 is 2.14. The molecular formula is C22H29N3O2. The van der Waals surface area contributed by atoms with Crippen molar-refractivity contribution < 1.29 is 9.59 Å². The van der Waals surface area contributed by atoms with Gasteiger partial charge in [-0.15, -0.1) is 0 Å². The van der Waals surface area contributed by atoms with E-state index in [0.29, 0.717) is 26.2 Å². The summed E-state index contributed by atoms with van der Waals surface area (Å²) in [6, 6.07) is 10.3. The SMILES string of the molecule is Cc1cccc(-n2c(C)cc(C(=O)N3CCN(C(=O)C(C)C)CC3)c2C)c1. The van der Waals surface area contributed by atoms with Crippen molar-refractivity contribution in [3.63, 3.8) is 0 Å². The molecule has 2 aromatic rings. The zero-order chi connectivity index (χ0) is 19.7. The lowest BCUT2D eigenvalue weighted by Gasteiger charge is -2.35. The van der Waals surface area contributed by atoms with Gasteiger partial charge in [0.05, 0.1) is 5.56 Å². The number of carbonyl (C=O) groups excluding carboxylic acids is 2. The van der Waals surface area contributed by atoms with Crippen molar-refractivity contribution >= 4 is 11.8 Å². The summed E-state index contributed by atoms with van der Waals surface area (Å²) in [5.74, 6) is 0.221. The van der Waals surface area contributed by atoms with Gasteiger partial charge in [-0.05, 0) is 44.5 Å². The molecule has 5 nitrogen and oxygen atoms in total. The molecule has 1 fully saturated rings. The first-order valence-corrected chi connectivity index (χ1v) is 9.63. The van der Waals surface area contributed by atoms with E-state index < -0.39 is 0 Å². The highest BCUT2D eigenvalue weighted by Crippen LogP contribution is 2.23. The second-order valence-electron chi connectivity index (χ2n) is 7.73. The van der Waals surface area contributed by atoms with Gasteiger partial charge in [0, 0.05) is 49.2 Å². The number of nitrogens with zero attached hydrogens (tertiary/aromatic N) is 3. The van der Waals surface area contributed by atoms with Crippen molar-refractivity contribution in [2.75, 3.05) is 26.2 Å². The average Bonchev–Trinajstić information content (AvgIpc) is 2.94. The van der Waals surface area contributed by atoms with Gasteiger partial charge < -0.3 is 14.4 Å². The van der Waals surface area contributed by atoms with Crippen LogP contribution in [0.4, 0.5) is 0 Å². The van der Waals surface area contributed by atoms with E-state index in [9.17, 15) is 9.59 Å². The van der Waals surface area contributed by atoms with Gasteiger partial charge >= 0.3 is 0 Å². The zero-order valence-corrected chi connectivity index (χ0v) is 17.0. The summed E-state index contributed by atoms with van der Waals surface area (Å²) in [5.41, 5.74) is 5.03. The summed E-state index contributed by atoms with van der Waals surface area (Å²) in [7, 11) is 0. The molecule has 1 aromatic carbocycles. The highest BCUT2D eigenvalue weighted by Gasteiger charge is 2.28. The zero-order valence-electron chi connectivity index (χ0n) is 17.0. The highest BCUT2D eigenvalue weighted by atomic mass is 16.2. The number of aromatic nitrogens is 1. The van der Waals surface area contributed by atoms with Crippen molar-refractivity contribution in [2.45, 2.75) is 34.6 Å². The lowest BCUT2D eigenvalue weighted by atomic mass is 10.1. The molecule has 0 aliphatic carbocycles. The molecule has 0 unspecified atom stereocenters. The molecule has 0 saturated carbocycles. The van der Waals surface area contributed by atoms with Gasteiger partial charge in [0.2, 0.25) is 5.91 Å². The quantitative estimate of drug-likeness (QED) is 0.835. The van der Waals surface area contributed by atoms with Crippen molar-refractivity contribution in [3.05, 3.63) is 52.8 Å². The van der Waals surface area contributed by atoms with Gasteiger partial charge in [-0.2, -0.15) is 0 Å². The van der Waals surface area contributed by atoms with Crippen LogP contribution in [0, 0.1) is 26.7 Å². The molecule has 0 atom stereocenters. The molecule has 0 N–H and O–H groups in total. The van der Waals surface area contributed by atoms with E-state index in [1.807, 2.05) is 49.6 Å². The first kappa shape index (κ1) is 19.2. The van der Waals surface area contributed by atoms with E-state index >= 15 is 0 Å². The van der Waals surface area contributed by atoms with Gasteiger partial charge in [0.1, 0.15) is 0 Å². The summed E-state index contributed by atoms with van der Waals surface area (Å²) in [4.78, 5) is 29.0. The molecule has 3 rings (SSSR count). The molecule has 0 radical (unpaired) electrons. The van der Waals surface area contributed by atoms with Gasteiger partial charge in [0.25, 0.3) is 5.91 Å². The molecule has 1 saturated heterocycles. The highest BCUT2D eigenvalue weighted by molar-refractivity contribution is 5.96. The summed E-state index contributed by atoms with van der Waals surface area (Å²) >= 11 is 0. The van der Waals surface area contributed by atoms with Gasteiger partial charge in [-0.3, -0.25) is 9.59 Å². The molecule has 144 valence electrons. The molecule has 0 bridgehead atoms. The third kappa shape index (κ3) is 3.77. The Morgan fingerprint density at radius 3 is 2.15 bits per heavy atom. The van der Waals surface area contributed by atoms with Gasteiger partial charge in [0.15, 0.2) is 0 Å². The fourth-order valence-corrected chi connectivity index (χ4v) is 3.81. The van der Waals surface area contributed by atoms with Crippen molar-refractivity contribution in [1.82, 2.24) is 14.4 Å². The summed E-state index contributed by atoms with van der Waals surface area (Å²) in [5, 5.41) is 0. The van der Waals surface area contributed by atoms with E-state index in [1.165, 1.54) is 5.56 Å². The number of amides is 2. The van der Waals surface area contributed by atoms with Crippen LogP contribution in [0.1, 0.15) is 41.2 Å². The van der Waals surface area contributed by atoms with Crippen LogP contribution in [0.3, 0.4) is 0 Å². The number of aryl methyl sites for hydroxylation is 2. The monoisotopic (exact) mass is 367 g/mol. The fourth-order valence-electron chi connectivity index (χ4n) is 3.81. The molecule has 1 aliphatic heterocycles. The minimum atomic E-state index is 0.000469. The van der Waals surface area contributed by atoms with Crippen molar-refractivity contribution in [3.8, 4) is 5.69 Å². The van der Waals surface area contributed by atoms with E-state index in [-0.39, 0.29) is 17.7 Å². The van der Waals surface area contributed by atoms with Crippen molar-refractivity contribution in [2.24, 2.45) is 5.92 Å². The Bertz CT molecular complexity index is 858. The summed E-state index contributed by atoms with van der Waals surface area (Å²) in [6.45, 7) is 12.3. The predicted molar refractivity (Wildman–Crippen MR) is 107 cm³/mol. The number of hydrogen-bond donors (Lipinski definition) is 0. The molecule has 2 heterocycles. The van der Waals surface area contributed by atoms with Crippen LogP contribution in [0.5, 0.6) is 0 Å². The molecular weight excluding hydrogens is 338 g/mol. The number of benzene rings is 1. The predicted octanol–water partition coefficient (Wildman–Crippen LogP) is 3.34. The standard InChI is InChI=1S/C22H29N3O2/c1-15(2)21(26)23-9-11-24(12-10-23)22(27)20-14-17(4)25(18(20)5)19-8-6-7-16(3)13-19/h6-8,13-15H,9-12H2,1-5H3. The summed E-state index contributed by atoms with van der Waals surface area (Å²) in [6.07, 6.45) is 0. The maximum Gasteiger partial charge on any atom is 0.255 e. The second-order valence-corrected chi connectivity index (χ2v) is 7.73. The average molecular weight is 367 g/mol. The van der Waals surface area contributed by atoms with Gasteiger partial charge in [-0.25, -0.2) is 0 Å². The smallest absolute Gasteiger partial charge is 0.255 e. The molecule has 1 aliphatic rings. The van der Waals surface area contributed by atoms with Crippen LogP contribution in [-0.4, -0.2) is 52.4 Å². The maximum absolute atomic E-state index is 13.1. The lowest BCUT2D eigenvalue weighted by Crippen LogP contribution is -2.51. The fraction of sp³-hybridized carbons (Fsp3) is 0.455. The molecule has 5 heteroatoms. The largest absolute Gasteiger partial charge is 0.339 e. The second kappa shape index (κ2) is 7.59. The number of rotatable bonds is 3. The van der Waals surface area contributed by atoms with Crippen LogP contribution in [-0.2, 0) is 4.79 Å². The van der Waals surface area contributed by atoms with Crippen LogP contribution >= 0.6 is 0 Å². The van der Waals surface area contributed by atoms with Crippen LogP contribution in [0.25, 0.3) is 5.69 Å². The minimum Gasteiger partial charge on any atom is -0.339 e. The Balaban J connectivity index is 1.79. The van der Waals surface area contributed by atoms with E-state index in [4.69, 9.17) is 0 Å². The maximum atomic E-state index is 13.1. The normalized spacial score (nSPS) is 14.7. The van der Waals surface area contributed by atoms with Crippen LogP contribution < -0.4 is 0 Å². The Kier molecular flexibility index (Phi) is 5.40. The molecule has 27 heavy (non-hydrogen) atoms. The topological polar surface area (TPSA) is 45.6 Å². The first-order valence-electron chi connectivity index (χ1n) is 9.63. The Labute approximate surface area is 161 Å². The number of carbonyl (C=O) groups is 2. The number of piperazine rings is 1. The number of hydrogen-bond acceptors (Lipinski definition) is 2. The van der Waals surface area contributed by atoms with Crippen LogP contribution in [0.15, 0.2) is 30.3 Å². The lowest BCUT2D eigenvalue weighted by molar-refractivity contribution is -0.135. The van der Waals surface area contributed by atoms with Crippen LogP contribution in [0.2, 0.25) is 0 Å². The minimum absolute atomic E-state index is 0.000469. The van der Waals surface area contributed by atoms with Gasteiger partial charge in [-0.1, -0.05) is 26.0 Å². The first-order chi connectivity index (χ1) is 12.8. The third-order valence-electron chi connectivity index (χ3n) is 5.29. The molecule has 2 amide bonds. The van der Waals surface area contributed by atoms with Crippen molar-refractivity contribution in [1.29, 1.82) is 0 Å². The molecule has 1 aromatic heterocycles. The Hall–Kier alpha value is -2.56. The van der Waals surface area contributed by atoms with E-state index in [1.54, 1.807) is 0 Å². The Morgan fingerprint density at radius 2 is 1.56 bits per heavy atom. The third-order valence-corrected chi connectivity index (χ3v) is 5.29.